The number of likely N-dealkylation sites (tertiary alicyclic amines) is 1. The molecule has 0 aromatic rings. The molecule has 1 saturated carbocycles. The van der Waals surface area contributed by atoms with Crippen molar-refractivity contribution in [1.29, 1.82) is 0 Å². The number of hydrogen-bond donors (Lipinski definition) is 0. The molecule has 23 heavy (non-hydrogen) atoms. The zero-order valence-electron chi connectivity index (χ0n) is 14.2. The fraction of sp³-hybridized carbons (Fsp3) is 0.722. The van der Waals surface area contributed by atoms with E-state index in [9.17, 15) is 14.4 Å². The Morgan fingerprint density at radius 1 is 1.09 bits per heavy atom. The second-order valence-electron chi connectivity index (χ2n) is 6.82. The number of likely N-dealkylation sites (N-methyl/N-ethyl adjacent to an activating group) is 1. The van der Waals surface area contributed by atoms with Crippen molar-refractivity contribution < 1.29 is 14.4 Å². The van der Waals surface area contributed by atoms with Gasteiger partial charge in [-0.1, -0.05) is 19.1 Å². The Hall–Kier alpha value is -1.65. The first-order chi connectivity index (χ1) is 11.0. The summed E-state index contributed by atoms with van der Waals surface area (Å²) in [6, 6.07) is -0.639. The molecule has 2 fully saturated rings. The lowest BCUT2D eigenvalue weighted by molar-refractivity contribution is -0.151. The van der Waals surface area contributed by atoms with Crippen molar-refractivity contribution in [3.8, 4) is 0 Å². The van der Waals surface area contributed by atoms with Crippen LogP contribution in [-0.2, 0) is 14.4 Å². The molecule has 0 aromatic heterocycles. The van der Waals surface area contributed by atoms with Crippen molar-refractivity contribution in [3.05, 3.63) is 12.2 Å². The summed E-state index contributed by atoms with van der Waals surface area (Å²) in [4.78, 5) is 41.7. The van der Waals surface area contributed by atoms with E-state index in [0.29, 0.717) is 19.5 Å². The third-order valence-electron chi connectivity index (χ3n) is 5.85. The number of fused-ring (bicyclic) bond motifs is 1. The molecular formula is C18H26N2O3. The zero-order valence-corrected chi connectivity index (χ0v) is 14.2. The molecule has 5 nitrogen and oxygen atoms in total. The van der Waals surface area contributed by atoms with Crippen LogP contribution in [0.3, 0.4) is 0 Å². The fourth-order valence-corrected chi connectivity index (χ4v) is 4.62. The van der Waals surface area contributed by atoms with Crippen molar-refractivity contribution in [2.24, 2.45) is 23.7 Å². The largest absolute Gasteiger partial charge is 0.341 e. The minimum absolute atomic E-state index is 0.0989. The van der Waals surface area contributed by atoms with Gasteiger partial charge in [0.2, 0.25) is 17.7 Å². The van der Waals surface area contributed by atoms with Crippen LogP contribution < -0.4 is 0 Å². The normalized spacial score (nSPS) is 33.1. The van der Waals surface area contributed by atoms with Crippen molar-refractivity contribution in [2.45, 2.75) is 46.1 Å². The first-order valence-corrected chi connectivity index (χ1v) is 8.89. The Labute approximate surface area is 137 Å². The Morgan fingerprint density at radius 3 is 1.91 bits per heavy atom. The van der Waals surface area contributed by atoms with Gasteiger partial charge in [-0.3, -0.25) is 19.3 Å². The van der Waals surface area contributed by atoms with Gasteiger partial charge in [-0.05, 0) is 44.9 Å². The summed E-state index contributed by atoms with van der Waals surface area (Å²) in [7, 11) is 0. The van der Waals surface area contributed by atoms with E-state index in [1.54, 1.807) is 4.90 Å². The second kappa shape index (κ2) is 6.10. The molecule has 2 bridgehead atoms. The molecule has 0 spiro atoms. The van der Waals surface area contributed by atoms with E-state index in [0.717, 1.165) is 12.8 Å². The molecule has 1 heterocycles. The minimum Gasteiger partial charge on any atom is -0.341 e. The second-order valence-corrected chi connectivity index (χ2v) is 6.82. The van der Waals surface area contributed by atoms with Gasteiger partial charge in [0.15, 0.2) is 0 Å². The number of nitrogens with zero attached hydrogens (tertiary/aromatic N) is 2. The van der Waals surface area contributed by atoms with E-state index < -0.39 is 6.04 Å². The molecule has 0 aromatic carbocycles. The first-order valence-electron chi connectivity index (χ1n) is 8.89. The number of amides is 3. The van der Waals surface area contributed by atoms with Gasteiger partial charge in [-0.25, -0.2) is 0 Å². The SMILES string of the molecule is CC[C@H](C(=O)N(CC)CC)N1C(=O)[C@@H]2[C@H](C1=O)[C@H]1C=C[C@H]2CC1. The quantitative estimate of drug-likeness (QED) is 0.574. The van der Waals surface area contributed by atoms with E-state index in [1.165, 1.54) is 4.90 Å². The zero-order chi connectivity index (χ0) is 16.7. The van der Waals surface area contributed by atoms with E-state index in [2.05, 4.69) is 12.2 Å². The summed E-state index contributed by atoms with van der Waals surface area (Å²) < 4.78 is 0. The molecule has 4 aliphatic rings. The van der Waals surface area contributed by atoms with Gasteiger partial charge >= 0.3 is 0 Å². The van der Waals surface area contributed by atoms with Gasteiger partial charge in [-0.15, -0.1) is 0 Å². The molecule has 0 N–H and O–H groups in total. The predicted octanol–water partition coefficient (Wildman–Crippen LogP) is 1.83. The number of imide groups is 1. The molecule has 5 heteroatoms. The molecule has 5 atom stereocenters. The van der Waals surface area contributed by atoms with Gasteiger partial charge < -0.3 is 4.90 Å². The highest BCUT2D eigenvalue weighted by Gasteiger charge is 2.58. The smallest absolute Gasteiger partial charge is 0.245 e. The highest BCUT2D eigenvalue weighted by atomic mass is 16.2. The van der Waals surface area contributed by atoms with Gasteiger partial charge in [0.1, 0.15) is 6.04 Å². The topological polar surface area (TPSA) is 57.7 Å². The highest BCUT2D eigenvalue weighted by molar-refractivity contribution is 6.09. The van der Waals surface area contributed by atoms with E-state index >= 15 is 0 Å². The Bertz CT molecular complexity index is 520. The maximum absolute atomic E-state index is 12.9. The maximum atomic E-state index is 12.9. The highest BCUT2D eigenvalue weighted by Crippen LogP contribution is 2.50. The summed E-state index contributed by atoms with van der Waals surface area (Å²) >= 11 is 0. The van der Waals surface area contributed by atoms with Crippen LogP contribution in [0.25, 0.3) is 0 Å². The van der Waals surface area contributed by atoms with Crippen LogP contribution >= 0.6 is 0 Å². The van der Waals surface area contributed by atoms with Crippen molar-refractivity contribution >= 4 is 17.7 Å². The lowest BCUT2D eigenvalue weighted by atomic mass is 9.63. The van der Waals surface area contributed by atoms with Crippen LogP contribution in [-0.4, -0.2) is 46.7 Å². The lowest BCUT2D eigenvalue weighted by Crippen LogP contribution is -2.51. The molecule has 4 rings (SSSR count). The van der Waals surface area contributed by atoms with Crippen molar-refractivity contribution in [2.75, 3.05) is 13.1 Å². The van der Waals surface area contributed by atoms with Crippen molar-refractivity contribution in [3.63, 3.8) is 0 Å². The standard InChI is InChI=1S/C18H26N2O3/c1-4-13(16(21)19(5-2)6-3)20-17(22)14-11-7-8-12(10-9-11)15(14)18(20)23/h7-8,11-15H,4-6,9-10H2,1-3H3/t11-,12-,13+,14-,15+/m0/s1. The minimum atomic E-state index is -0.639. The predicted molar refractivity (Wildman–Crippen MR) is 86.2 cm³/mol. The molecule has 3 amide bonds. The van der Waals surface area contributed by atoms with E-state index in [4.69, 9.17) is 0 Å². The molecule has 126 valence electrons. The summed E-state index contributed by atoms with van der Waals surface area (Å²) in [5.74, 6) is -0.453. The Morgan fingerprint density at radius 2 is 1.57 bits per heavy atom. The molecular weight excluding hydrogens is 292 g/mol. The third kappa shape index (κ3) is 2.32. The number of rotatable bonds is 5. The average Bonchev–Trinajstić information content (AvgIpc) is 2.85. The van der Waals surface area contributed by atoms with E-state index in [1.807, 2.05) is 20.8 Å². The van der Waals surface area contributed by atoms with Gasteiger partial charge in [0.05, 0.1) is 11.8 Å². The molecule has 3 aliphatic carbocycles. The van der Waals surface area contributed by atoms with E-state index in [-0.39, 0.29) is 41.4 Å². The van der Waals surface area contributed by atoms with Gasteiger partial charge in [-0.2, -0.15) is 0 Å². The third-order valence-corrected chi connectivity index (χ3v) is 5.85. The summed E-state index contributed by atoms with van der Waals surface area (Å²) in [6.45, 7) is 6.92. The Balaban J connectivity index is 1.89. The number of hydrogen-bond acceptors (Lipinski definition) is 3. The van der Waals surface area contributed by atoms with Gasteiger partial charge in [0.25, 0.3) is 0 Å². The van der Waals surface area contributed by atoms with Crippen LogP contribution in [0.2, 0.25) is 0 Å². The summed E-state index contributed by atoms with van der Waals surface area (Å²) in [5.41, 5.74) is 0. The van der Waals surface area contributed by atoms with Gasteiger partial charge in [0, 0.05) is 13.1 Å². The summed E-state index contributed by atoms with van der Waals surface area (Å²) in [6.07, 6.45) is 6.66. The molecule has 0 unspecified atom stereocenters. The average molecular weight is 318 g/mol. The van der Waals surface area contributed by atoms with Crippen LogP contribution in [0, 0.1) is 23.7 Å². The fourth-order valence-electron chi connectivity index (χ4n) is 4.62. The lowest BCUT2D eigenvalue weighted by Gasteiger charge is -2.38. The first kappa shape index (κ1) is 16.2. The monoisotopic (exact) mass is 318 g/mol. The maximum Gasteiger partial charge on any atom is 0.245 e. The Kier molecular flexibility index (Phi) is 4.30. The number of carbonyl (C=O) groups excluding carboxylic acids is 3. The van der Waals surface area contributed by atoms with Crippen LogP contribution in [0.1, 0.15) is 40.0 Å². The van der Waals surface area contributed by atoms with Crippen LogP contribution in [0.4, 0.5) is 0 Å². The van der Waals surface area contributed by atoms with Crippen LogP contribution in [0.15, 0.2) is 12.2 Å². The van der Waals surface area contributed by atoms with Crippen molar-refractivity contribution in [1.82, 2.24) is 9.80 Å². The molecule has 1 aliphatic heterocycles. The molecule has 0 radical (unpaired) electrons. The molecule has 1 saturated heterocycles. The number of carbonyl (C=O) groups is 3. The number of allylic oxidation sites excluding steroid dienone is 2. The van der Waals surface area contributed by atoms with Crippen LogP contribution in [0.5, 0.6) is 0 Å². The summed E-state index contributed by atoms with van der Waals surface area (Å²) in [5, 5.41) is 0.